The molecular formula is C6H11NS. The van der Waals surface area contributed by atoms with Gasteiger partial charge < -0.3 is 0 Å². The molecule has 0 saturated heterocycles. The first kappa shape index (κ1) is 7.76. The van der Waals surface area contributed by atoms with Gasteiger partial charge in [-0.25, -0.2) is 0 Å². The molecule has 0 amide bonds. The lowest BCUT2D eigenvalue weighted by molar-refractivity contribution is 1.35. The Morgan fingerprint density at radius 1 is 1.88 bits per heavy atom. The molecule has 0 unspecified atom stereocenters. The molecule has 0 aliphatic carbocycles. The second kappa shape index (κ2) is 4.91. The van der Waals surface area contributed by atoms with Crippen LogP contribution in [0.1, 0.15) is 13.8 Å². The number of nitrogens with zero attached hydrogens (tertiary/aromatic N) is 1. The van der Waals surface area contributed by atoms with Crippen molar-refractivity contribution in [3.63, 3.8) is 0 Å². The molecule has 0 aromatic heterocycles. The minimum Gasteiger partial charge on any atom is -0.255 e. The van der Waals surface area contributed by atoms with Crippen LogP contribution in [0.25, 0.3) is 0 Å². The van der Waals surface area contributed by atoms with Crippen LogP contribution >= 0.6 is 11.8 Å². The maximum Gasteiger partial charge on any atom is 0.0599 e. The minimum atomic E-state index is 0.867. The smallest absolute Gasteiger partial charge is 0.0599 e. The molecule has 0 aliphatic rings. The molecule has 0 N–H and O–H groups in total. The average molecular weight is 129 g/mol. The molecule has 0 aliphatic heterocycles. The van der Waals surface area contributed by atoms with Crippen molar-refractivity contribution in [2.75, 3.05) is 5.75 Å². The van der Waals surface area contributed by atoms with Gasteiger partial charge in [0.25, 0.3) is 0 Å². The Balaban J connectivity index is 3.20. The molecule has 0 spiro atoms. The first-order valence-corrected chi connectivity index (χ1v) is 3.62. The second-order valence-corrected chi connectivity index (χ2v) is 2.55. The average Bonchev–Trinajstić information content (AvgIpc) is 1.66. The van der Waals surface area contributed by atoms with E-state index in [4.69, 9.17) is 0 Å². The van der Waals surface area contributed by atoms with Gasteiger partial charge >= 0.3 is 0 Å². The maximum atomic E-state index is 3.96. The lowest BCUT2D eigenvalue weighted by atomic mass is 10.6. The second-order valence-electron chi connectivity index (χ2n) is 1.43. The lowest BCUT2D eigenvalue weighted by Crippen LogP contribution is -1.67. The molecule has 0 aromatic carbocycles. The van der Waals surface area contributed by atoms with Crippen molar-refractivity contribution in [2.45, 2.75) is 13.8 Å². The van der Waals surface area contributed by atoms with Crippen molar-refractivity contribution >= 4 is 17.3 Å². The molecule has 0 rings (SSSR count). The quantitative estimate of drug-likeness (QED) is 0.420. The van der Waals surface area contributed by atoms with Crippen LogP contribution in [0.3, 0.4) is 0 Å². The highest BCUT2D eigenvalue weighted by Crippen LogP contribution is 1.95. The van der Waals surface area contributed by atoms with E-state index in [1.54, 1.807) is 11.8 Å². The van der Waals surface area contributed by atoms with Crippen LogP contribution in [-0.2, 0) is 0 Å². The van der Waals surface area contributed by atoms with Gasteiger partial charge in [0, 0.05) is 5.70 Å². The van der Waals surface area contributed by atoms with Gasteiger partial charge in [0.15, 0.2) is 0 Å². The van der Waals surface area contributed by atoms with Gasteiger partial charge in [-0.15, -0.1) is 11.8 Å². The van der Waals surface area contributed by atoms with E-state index in [1.807, 2.05) is 12.5 Å². The highest BCUT2D eigenvalue weighted by Gasteiger charge is 1.73. The standard InChI is InChI=1S/C6H11NS/c1-4-8-5-7-6(2)3/h5H,2,4H2,1,3H3. The third-order valence-electron chi connectivity index (χ3n) is 0.514. The van der Waals surface area contributed by atoms with Gasteiger partial charge in [-0.2, -0.15) is 0 Å². The van der Waals surface area contributed by atoms with Crippen LogP contribution in [0, 0.1) is 0 Å². The van der Waals surface area contributed by atoms with E-state index in [-0.39, 0.29) is 0 Å². The fraction of sp³-hybridized carbons (Fsp3) is 0.500. The lowest BCUT2D eigenvalue weighted by Gasteiger charge is -1.83. The molecule has 0 bridgehead atoms. The summed E-state index contributed by atoms with van der Waals surface area (Å²) in [6.07, 6.45) is 0. The molecule has 0 radical (unpaired) electrons. The molecule has 8 heavy (non-hydrogen) atoms. The number of hydrogen-bond acceptors (Lipinski definition) is 2. The van der Waals surface area contributed by atoms with E-state index in [0.29, 0.717) is 0 Å². The summed E-state index contributed by atoms with van der Waals surface area (Å²) in [6, 6.07) is 0. The van der Waals surface area contributed by atoms with Crippen LogP contribution in [0.4, 0.5) is 0 Å². The number of thioether (sulfide) groups is 1. The molecule has 0 saturated carbocycles. The Bertz CT molecular complexity index is 96.7. The van der Waals surface area contributed by atoms with Gasteiger partial charge in [0.2, 0.25) is 0 Å². The van der Waals surface area contributed by atoms with Gasteiger partial charge in [-0.1, -0.05) is 13.5 Å². The molecule has 0 heterocycles. The number of hydrogen-bond donors (Lipinski definition) is 0. The predicted octanol–water partition coefficient (Wildman–Crippen LogP) is 2.30. The largest absolute Gasteiger partial charge is 0.255 e. The Labute approximate surface area is 54.9 Å². The highest BCUT2D eigenvalue weighted by molar-refractivity contribution is 8.12. The Morgan fingerprint density at radius 3 is 2.88 bits per heavy atom. The van der Waals surface area contributed by atoms with Crippen LogP contribution in [-0.4, -0.2) is 11.3 Å². The summed E-state index contributed by atoms with van der Waals surface area (Å²) < 4.78 is 0. The highest BCUT2D eigenvalue weighted by atomic mass is 32.2. The summed E-state index contributed by atoms with van der Waals surface area (Å²) in [5, 5.41) is 0. The third-order valence-corrected chi connectivity index (χ3v) is 1.10. The molecule has 2 heteroatoms. The first-order valence-electron chi connectivity index (χ1n) is 2.57. The Hall–Kier alpha value is -0.240. The van der Waals surface area contributed by atoms with Gasteiger partial charge in [0.05, 0.1) is 5.55 Å². The van der Waals surface area contributed by atoms with E-state index >= 15 is 0 Å². The van der Waals surface area contributed by atoms with Gasteiger partial charge in [-0.3, -0.25) is 4.99 Å². The van der Waals surface area contributed by atoms with Gasteiger partial charge in [0.1, 0.15) is 0 Å². The van der Waals surface area contributed by atoms with Crippen molar-refractivity contribution in [3.05, 3.63) is 12.3 Å². The normalized spacial score (nSPS) is 10.2. The van der Waals surface area contributed by atoms with E-state index in [2.05, 4.69) is 18.5 Å². The topological polar surface area (TPSA) is 12.4 Å². The van der Waals surface area contributed by atoms with Crippen molar-refractivity contribution < 1.29 is 0 Å². The maximum absolute atomic E-state index is 3.96. The fourth-order valence-corrected chi connectivity index (χ4v) is 0.605. The fourth-order valence-electron chi connectivity index (χ4n) is 0.202. The van der Waals surface area contributed by atoms with E-state index in [1.165, 1.54) is 0 Å². The number of allylic oxidation sites excluding steroid dienone is 1. The summed E-state index contributed by atoms with van der Waals surface area (Å²) in [5.41, 5.74) is 2.69. The third kappa shape index (κ3) is 5.76. The van der Waals surface area contributed by atoms with Crippen LogP contribution in [0.15, 0.2) is 17.3 Å². The van der Waals surface area contributed by atoms with Gasteiger partial charge in [-0.05, 0) is 12.7 Å². The molecule has 1 nitrogen and oxygen atoms in total. The molecule has 0 fully saturated rings. The summed E-state index contributed by atoms with van der Waals surface area (Å²) in [4.78, 5) is 3.96. The molecule has 0 aromatic rings. The zero-order valence-electron chi connectivity index (χ0n) is 5.35. The molecular weight excluding hydrogens is 118 g/mol. The van der Waals surface area contributed by atoms with E-state index in [9.17, 15) is 0 Å². The summed E-state index contributed by atoms with van der Waals surface area (Å²) in [6.45, 7) is 7.59. The van der Waals surface area contributed by atoms with Crippen LogP contribution < -0.4 is 0 Å². The summed E-state index contributed by atoms with van der Waals surface area (Å²) in [7, 11) is 0. The number of rotatable bonds is 3. The number of aliphatic imine (C=N–C) groups is 1. The Kier molecular flexibility index (Phi) is 4.76. The van der Waals surface area contributed by atoms with Crippen molar-refractivity contribution in [1.29, 1.82) is 0 Å². The van der Waals surface area contributed by atoms with Crippen LogP contribution in [0.2, 0.25) is 0 Å². The molecule has 46 valence electrons. The zero-order valence-corrected chi connectivity index (χ0v) is 6.16. The minimum absolute atomic E-state index is 0.867. The SMILES string of the molecule is C=C(C)N=CSCC. The Morgan fingerprint density at radius 2 is 2.50 bits per heavy atom. The zero-order chi connectivity index (χ0) is 6.41. The predicted molar refractivity (Wildman–Crippen MR) is 41.4 cm³/mol. The summed E-state index contributed by atoms with van der Waals surface area (Å²) >= 11 is 1.68. The van der Waals surface area contributed by atoms with E-state index < -0.39 is 0 Å². The van der Waals surface area contributed by atoms with Crippen LogP contribution in [0.5, 0.6) is 0 Å². The van der Waals surface area contributed by atoms with Crippen molar-refractivity contribution in [2.24, 2.45) is 4.99 Å². The van der Waals surface area contributed by atoms with E-state index in [0.717, 1.165) is 11.4 Å². The first-order chi connectivity index (χ1) is 3.77. The monoisotopic (exact) mass is 129 g/mol. The van der Waals surface area contributed by atoms with Crippen molar-refractivity contribution in [3.8, 4) is 0 Å². The summed E-state index contributed by atoms with van der Waals surface area (Å²) in [5.74, 6) is 1.08. The molecule has 0 atom stereocenters. The van der Waals surface area contributed by atoms with Crippen molar-refractivity contribution in [1.82, 2.24) is 0 Å².